The molecule has 0 spiro atoms. The van der Waals surface area contributed by atoms with Crippen molar-refractivity contribution in [2.24, 2.45) is 0 Å². The lowest BCUT2D eigenvalue weighted by atomic mass is 10.1. The molecule has 0 saturated heterocycles. The van der Waals surface area contributed by atoms with Crippen molar-refractivity contribution in [3.8, 4) is 11.8 Å². The number of tetrazole rings is 1. The van der Waals surface area contributed by atoms with E-state index in [1.165, 1.54) is 5.56 Å². The third-order valence-electron chi connectivity index (χ3n) is 3.18. The highest BCUT2D eigenvalue weighted by molar-refractivity contribution is 5.38. The number of ether oxygens (including phenoxy) is 1. The van der Waals surface area contributed by atoms with Gasteiger partial charge in [0.1, 0.15) is 12.4 Å². The fraction of sp³-hybridized carbons (Fsp3) is 0.429. The molecule has 104 valence electrons. The number of unbranched alkanes of at least 4 members (excludes halogenated alkanes) is 1. The average molecular weight is 271 g/mol. The van der Waals surface area contributed by atoms with E-state index in [4.69, 9.17) is 10.00 Å². The van der Waals surface area contributed by atoms with Crippen LogP contribution in [0.15, 0.2) is 18.2 Å². The first-order chi connectivity index (χ1) is 9.72. The zero-order valence-electron chi connectivity index (χ0n) is 11.7. The first kappa shape index (κ1) is 14.0. The Kier molecular flexibility index (Phi) is 4.66. The molecule has 2 rings (SSSR count). The van der Waals surface area contributed by atoms with Crippen LogP contribution >= 0.6 is 0 Å². The first-order valence-electron chi connectivity index (χ1n) is 6.53. The van der Waals surface area contributed by atoms with E-state index < -0.39 is 0 Å². The molecule has 0 bridgehead atoms. The number of aryl methyl sites for hydroxylation is 2. The van der Waals surface area contributed by atoms with E-state index in [1.807, 2.05) is 32.0 Å². The molecule has 0 atom stereocenters. The van der Waals surface area contributed by atoms with E-state index in [9.17, 15) is 0 Å². The van der Waals surface area contributed by atoms with Gasteiger partial charge in [-0.05, 0) is 47.9 Å². The van der Waals surface area contributed by atoms with Crippen LogP contribution in [0.2, 0.25) is 0 Å². The summed E-state index contributed by atoms with van der Waals surface area (Å²) in [5.41, 5.74) is 2.31. The highest BCUT2D eigenvalue weighted by atomic mass is 16.5. The number of aromatic nitrogens is 4. The van der Waals surface area contributed by atoms with Gasteiger partial charge in [-0.1, -0.05) is 12.1 Å². The summed E-state index contributed by atoms with van der Waals surface area (Å²) in [5.74, 6) is 1.51. The maximum atomic E-state index is 8.54. The van der Waals surface area contributed by atoms with E-state index in [0.717, 1.165) is 17.7 Å². The Bertz CT molecular complexity index is 614. The lowest BCUT2D eigenvalue weighted by Gasteiger charge is -2.10. The van der Waals surface area contributed by atoms with Crippen LogP contribution in [0.1, 0.15) is 29.8 Å². The SMILES string of the molecule is Cc1cccc(OCc2nnnn2CCCC#N)c1C. The van der Waals surface area contributed by atoms with Crippen LogP contribution in [-0.2, 0) is 13.2 Å². The van der Waals surface area contributed by atoms with Gasteiger partial charge in [0.25, 0.3) is 0 Å². The predicted octanol–water partition coefficient (Wildman–Crippen LogP) is 2.17. The zero-order chi connectivity index (χ0) is 14.4. The number of hydrogen-bond donors (Lipinski definition) is 0. The minimum atomic E-state index is 0.323. The van der Waals surface area contributed by atoms with E-state index in [2.05, 4.69) is 21.6 Å². The van der Waals surface area contributed by atoms with Crippen molar-refractivity contribution in [2.45, 2.75) is 39.8 Å². The van der Waals surface area contributed by atoms with Crippen molar-refractivity contribution < 1.29 is 4.74 Å². The van der Waals surface area contributed by atoms with Crippen LogP contribution < -0.4 is 4.74 Å². The van der Waals surface area contributed by atoms with Gasteiger partial charge in [0.05, 0.1) is 6.07 Å². The smallest absolute Gasteiger partial charge is 0.189 e. The molecular weight excluding hydrogens is 254 g/mol. The van der Waals surface area contributed by atoms with Gasteiger partial charge in [-0.15, -0.1) is 5.10 Å². The third kappa shape index (κ3) is 3.32. The van der Waals surface area contributed by atoms with Gasteiger partial charge in [-0.2, -0.15) is 5.26 Å². The fourth-order valence-electron chi connectivity index (χ4n) is 1.83. The van der Waals surface area contributed by atoms with Gasteiger partial charge in [-0.25, -0.2) is 4.68 Å². The molecular formula is C14H17N5O. The lowest BCUT2D eigenvalue weighted by molar-refractivity contribution is 0.284. The Hall–Kier alpha value is -2.42. The molecule has 1 heterocycles. The topological polar surface area (TPSA) is 76.6 Å². The highest BCUT2D eigenvalue weighted by Gasteiger charge is 2.08. The molecule has 0 radical (unpaired) electrons. The fourth-order valence-corrected chi connectivity index (χ4v) is 1.83. The maximum absolute atomic E-state index is 8.54. The summed E-state index contributed by atoms with van der Waals surface area (Å²) in [6.45, 7) is 5.03. The monoisotopic (exact) mass is 271 g/mol. The van der Waals surface area contributed by atoms with Crippen molar-refractivity contribution >= 4 is 0 Å². The molecule has 0 N–H and O–H groups in total. The number of nitrogens with zero attached hydrogens (tertiary/aromatic N) is 5. The van der Waals surface area contributed by atoms with Gasteiger partial charge in [0.15, 0.2) is 5.82 Å². The van der Waals surface area contributed by atoms with Gasteiger partial charge >= 0.3 is 0 Å². The van der Waals surface area contributed by atoms with Crippen molar-refractivity contribution in [1.82, 2.24) is 20.2 Å². The van der Waals surface area contributed by atoms with Gasteiger partial charge in [0.2, 0.25) is 0 Å². The van der Waals surface area contributed by atoms with Crippen LogP contribution in [0.5, 0.6) is 5.75 Å². The quantitative estimate of drug-likeness (QED) is 0.752. The highest BCUT2D eigenvalue weighted by Crippen LogP contribution is 2.21. The number of nitriles is 1. The largest absolute Gasteiger partial charge is 0.485 e. The third-order valence-corrected chi connectivity index (χ3v) is 3.18. The van der Waals surface area contributed by atoms with Crippen molar-refractivity contribution in [2.75, 3.05) is 0 Å². The molecule has 0 unspecified atom stereocenters. The second kappa shape index (κ2) is 6.66. The Morgan fingerprint density at radius 2 is 2.20 bits per heavy atom. The van der Waals surface area contributed by atoms with Crippen molar-refractivity contribution in [1.29, 1.82) is 5.26 Å². The molecule has 2 aromatic rings. The summed E-state index contributed by atoms with van der Waals surface area (Å²) in [5, 5.41) is 20.1. The molecule has 0 aliphatic carbocycles. The van der Waals surface area contributed by atoms with E-state index >= 15 is 0 Å². The minimum absolute atomic E-state index is 0.323. The summed E-state index contributed by atoms with van der Waals surface area (Å²) in [4.78, 5) is 0. The first-order valence-corrected chi connectivity index (χ1v) is 6.53. The van der Waals surface area contributed by atoms with Crippen LogP contribution in [-0.4, -0.2) is 20.2 Å². The van der Waals surface area contributed by atoms with E-state index in [-0.39, 0.29) is 0 Å². The van der Waals surface area contributed by atoms with Crippen LogP contribution in [0.3, 0.4) is 0 Å². The molecule has 1 aromatic heterocycles. The molecule has 20 heavy (non-hydrogen) atoms. The normalized spacial score (nSPS) is 10.2. The van der Waals surface area contributed by atoms with Crippen LogP contribution in [0.25, 0.3) is 0 Å². The van der Waals surface area contributed by atoms with Gasteiger partial charge < -0.3 is 4.74 Å². The van der Waals surface area contributed by atoms with E-state index in [1.54, 1.807) is 4.68 Å². The Morgan fingerprint density at radius 3 is 3.00 bits per heavy atom. The van der Waals surface area contributed by atoms with Gasteiger partial charge in [-0.3, -0.25) is 0 Å². The number of rotatable bonds is 6. The summed E-state index contributed by atoms with van der Waals surface area (Å²) < 4.78 is 7.46. The molecule has 6 heteroatoms. The second-order valence-electron chi connectivity index (χ2n) is 4.57. The molecule has 1 aromatic carbocycles. The summed E-state index contributed by atoms with van der Waals surface area (Å²) in [6.07, 6.45) is 1.23. The average Bonchev–Trinajstić information content (AvgIpc) is 2.88. The van der Waals surface area contributed by atoms with Crippen LogP contribution in [0.4, 0.5) is 0 Å². The number of hydrogen-bond acceptors (Lipinski definition) is 5. The summed E-state index contributed by atoms with van der Waals surface area (Å²) in [7, 11) is 0. The lowest BCUT2D eigenvalue weighted by Crippen LogP contribution is -2.09. The molecule has 0 aliphatic rings. The van der Waals surface area contributed by atoms with Crippen molar-refractivity contribution in [3.05, 3.63) is 35.2 Å². The van der Waals surface area contributed by atoms with E-state index in [0.29, 0.717) is 25.4 Å². The zero-order valence-corrected chi connectivity index (χ0v) is 11.7. The standard InChI is InChI=1S/C14H17N5O/c1-11-6-5-7-13(12(11)2)20-10-14-16-17-18-19(14)9-4-3-8-15/h5-7H,3-4,9-10H2,1-2H3. The molecule has 0 aliphatic heterocycles. The predicted molar refractivity (Wildman–Crippen MR) is 72.9 cm³/mol. The van der Waals surface area contributed by atoms with Crippen molar-refractivity contribution in [3.63, 3.8) is 0 Å². The van der Waals surface area contributed by atoms with Crippen LogP contribution in [0, 0.1) is 25.2 Å². The Balaban J connectivity index is 1.99. The minimum Gasteiger partial charge on any atom is -0.485 e. The molecule has 0 fully saturated rings. The molecule has 0 amide bonds. The molecule has 0 saturated carbocycles. The second-order valence-corrected chi connectivity index (χ2v) is 4.57. The summed E-state index contributed by atoms with van der Waals surface area (Å²) in [6, 6.07) is 8.06. The molecule has 6 nitrogen and oxygen atoms in total. The Labute approximate surface area is 118 Å². The maximum Gasteiger partial charge on any atom is 0.189 e. The van der Waals surface area contributed by atoms with Gasteiger partial charge in [0, 0.05) is 13.0 Å². The Morgan fingerprint density at radius 1 is 1.35 bits per heavy atom. The number of benzene rings is 1. The summed E-state index contributed by atoms with van der Waals surface area (Å²) >= 11 is 0.